The van der Waals surface area contributed by atoms with Gasteiger partial charge < -0.3 is 26.0 Å². The van der Waals surface area contributed by atoms with Crippen LogP contribution in [-0.2, 0) is 4.79 Å². The van der Waals surface area contributed by atoms with Crippen molar-refractivity contribution in [3.63, 3.8) is 0 Å². The Hall–Kier alpha value is -4.64. The highest BCUT2D eigenvalue weighted by atomic mass is 32.2. The second-order valence-electron chi connectivity index (χ2n) is 7.74. The lowest BCUT2D eigenvalue weighted by atomic mass is 10.0. The van der Waals surface area contributed by atoms with Crippen LogP contribution in [0.2, 0.25) is 0 Å². The summed E-state index contributed by atoms with van der Waals surface area (Å²) in [6, 6.07) is 15.6. The van der Waals surface area contributed by atoms with Crippen LogP contribution in [0, 0.1) is 0 Å². The average molecular weight is 523 g/mol. The lowest BCUT2D eigenvalue weighted by Crippen LogP contribution is -2.24. The number of carboxylic acids is 3. The lowest BCUT2D eigenvalue weighted by molar-refractivity contribution is -0.115. The van der Waals surface area contributed by atoms with Gasteiger partial charge in [-0.2, -0.15) is 0 Å². The van der Waals surface area contributed by atoms with Crippen molar-refractivity contribution in [1.82, 2.24) is 0 Å². The molecule has 0 radical (unpaired) electrons. The number of rotatable bonds is 10. The van der Waals surface area contributed by atoms with Crippen molar-refractivity contribution in [3.8, 4) is 0 Å². The van der Waals surface area contributed by atoms with Crippen molar-refractivity contribution in [2.45, 2.75) is 23.5 Å². The normalized spacial score (nSPS) is 11.3. The Morgan fingerprint density at radius 3 is 1.97 bits per heavy atom. The highest BCUT2D eigenvalue weighted by Crippen LogP contribution is 2.29. The van der Waals surface area contributed by atoms with Gasteiger partial charge in [-0.3, -0.25) is 9.59 Å². The Morgan fingerprint density at radius 2 is 1.38 bits per heavy atom. The Labute approximate surface area is 215 Å². The topological polar surface area (TPSA) is 170 Å². The molecule has 5 N–H and O–H groups in total. The maximum atomic E-state index is 12.8. The quantitative estimate of drug-likeness (QED) is 0.240. The van der Waals surface area contributed by atoms with E-state index in [9.17, 15) is 29.1 Å². The number of carboxylic acid groups (broad SMARTS) is 3. The fourth-order valence-electron chi connectivity index (χ4n) is 3.30. The number of amides is 2. The molecule has 190 valence electrons. The zero-order valence-corrected chi connectivity index (χ0v) is 20.2. The SMILES string of the molecule is CCC(Sc1cccc(NC(=O)c2ccc(C(=O)O)cc2C(=O)O)c1)C(=O)Nc1ccc(C(=O)O)cc1. The van der Waals surface area contributed by atoms with E-state index in [0.29, 0.717) is 22.7 Å². The number of nitrogens with one attached hydrogen (secondary N) is 2. The maximum absolute atomic E-state index is 12.8. The molecule has 0 spiro atoms. The van der Waals surface area contributed by atoms with Gasteiger partial charge in [-0.15, -0.1) is 11.8 Å². The van der Waals surface area contributed by atoms with Gasteiger partial charge in [0.15, 0.2) is 0 Å². The van der Waals surface area contributed by atoms with Crippen molar-refractivity contribution in [1.29, 1.82) is 0 Å². The van der Waals surface area contributed by atoms with Crippen LogP contribution in [0.5, 0.6) is 0 Å². The van der Waals surface area contributed by atoms with Crippen LogP contribution in [0.4, 0.5) is 11.4 Å². The number of hydrogen-bond donors (Lipinski definition) is 5. The first-order valence-corrected chi connectivity index (χ1v) is 11.8. The maximum Gasteiger partial charge on any atom is 0.336 e. The molecule has 0 saturated carbocycles. The van der Waals surface area contributed by atoms with E-state index in [1.54, 1.807) is 24.3 Å². The second-order valence-corrected chi connectivity index (χ2v) is 9.02. The number of carbonyl (C=O) groups excluding carboxylic acids is 2. The average Bonchev–Trinajstić information content (AvgIpc) is 2.87. The van der Waals surface area contributed by atoms with E-state index in [0.717, 1.165) is 18.2 Å². The van der Waals surface area contributed by atoms with Crippen LogP contribution < -0.4 is 10.6 Å². The van der Waals surface area contributed by atoms with Gasteiger partial charge in [-0.05, 0) is 67.1 Å². The molecule has 2 amide bonds. The van der Waals surface area contributed by atoms with E-state index in [2.05, 4.69) is 10.6 Å². The van der Waals surface area contributed by atoms with E-state index in [4.69, 9.17) is 10.2 Å². The number of thioether (sulfide) groups is 1. The Balaban J connectivity index is 1.72. The fraction of sp³-hybridized carbons (Fsp3) is 0.115. The summed E-state index contributed by atoms with van der Waals surface area (Å²) in [4.78, 5) is 59.9. The van der Waals surface area contributed by atoms with Crippen LogP contribution in [0.25, 0.3) is 0 Å². The molecule has 11 heteroatoms. The van der Waals surface area contributed by atoms with Gasteiger partial charge in [0, 0.05) is 16.3 Å². The van der Waals surface area contributed by atoms with Gasteiger partial charge in [-0.1, -0.05) is 13.0 Å². The van der Waals surface area contributed by atoms with E-state index >= 15 is 0 Å². The molecule has 10 nitrogen and oxygen atoms in total. The summed E-state index contributed by atoms with van der Waals surface area (Å²) in [7, 11) is 0. The van der Waals surface area contributed by atoms with Gasteiger partial charge in [0.2, 0.25) is 5.91 Å². The monoisotopic (exact) mass is 522 g/mol. The Kier molecular flexibility index (Phi) is 8.64. The predicted octanol–water partition coefficient (Wildman–Crippen LogP) is 4.54. The van der Waals surface area contributed by atoms with Crippen molar-refractivity contribution >= 4 is 52.9 Å². The molecule has 3 aromatic rings. The minimum atomic E-state index is -1.44. The van der Waals surface area contributed by atoms with Crippen LogP contribution >= 0.6 is 11.8 Å². The number of carbonyl (C=O) groups is 5. The van der Waals surface area contributed by atoms with Crippen molar-refractivity contribution in [2.24, 2.45) is 0 Å². The number of anilines is 2. The molecule has 37 heavy (non-hydrogen) atoms. The minimum Gasteiger partial charge on any atom is -0.478 e. The Bertz CT molecular complexity index is 1370. The van der Waals surface area contributed by atoms with Crippen molar-refractivity contribution < 1.29 is 39.3 Å². The molecule has 3 aromatic carbocycles. The standard InChI is InChI=1S/C26H22N2O8S/c1-2-21(23(30)27-16-9-6-14(7-10-16)24(31)32)37-18-5-3-4-17(13-18)28-22(29)19-11-8-15(25(33)34)12-20(19)26(35)36/h3-13,21H,2H2,1H3,(H,27,30)(H,28,29)(H,31,32)(H,33,34)(H,35,36). The second kappa shape index (κ2) is 11.9. The fourth-order valence-corrected chi connectivity index (χ4v) is 4.32. The van der Waals surface area contributed by atoms with E-state index in [-0.39, 0.29) is 22.6 Å². The predicted molar refractivity (Wildman–Crippen MR) is 137 cm³/mol. The van der Waals surface area contributed by atoms with E-state index in [1.807, 2.05) is 6.92 Å². The zero-order chi connectivity index (χ0) is 27.1. The van der Waals surface area contributed by atoms with E-state index < -0.39 is 34.6 Å². The minimum absolute atomic E-state index is 0.103. The largest absolute Gasteiger partial charge is 0.478 e. The number of hydrogen-bond acceptors (Lipinski definition) is 6. The first-order chi connectivity index (χ1) is 17.6. The first kappa shape index (κ1) is 27.0. The molecule has 0 aliphatic heterocycles. The summed E-state index contributed by atoms with van der Waals surface area (Å²) in [6.45, 7) is 1.84. The van der Waals surface area contributed by atoms with Crippen LogP contribution in [0.3, 0.4) is 0 Å². The van der Waals surface area contributed by atoms with Crippen LogP contribution in [-0.4, -0.2) is 50.3 Å². The Morgan fingerprint density at radius 1 is 0.730 bits per heavy atom. The highest BCUT2D eigenvalue weighted by Gasteiger charge is 2.21. The summed E-state index contributed by atoms with van der Waals surface area (Å²) < 4.78 is 0. The molecule has 0 saturated heterocycles. The third-order valence-electron chi connectivity index (χ3n) is 5.17. The molecule has 0 aliphatic rings. The molecule has 3 rings (SSSR count). The summed E-state index contributed by atoms with van der Waals surface area (Å²) in [5.41, 5.74) is 0.0179. The summed E-state index contributed by atoms with van der Waals surface area (Å²) in [5, 5.41) is 32.4. The smallest absolute Gasteiger partial charge is 0.336 e. The molecule has 0 heterocycles. The molecule has 0 aliphatic carbocycles. The molecule has 0 aromatic heterocycles. The van der Waals surface area contributed by atoms with Crippen molar-refractivity contribution in [3.05, 3.63) is 89.0 Å². The van der Waals surface area contributed by atoms with Gasteiger partial charge in [0.05, 0.1) is 27.5 Å². The summed E-state index contributed by atoms with van der Waals surface area (Å²) in [6.07, 6.45) is 0.484. The number of aromatic carboxylic acids is 3. The van der Waals surface area contributed by atoms with E-state index in [1.165, 1.54) is 36.0 Å². The molecule has 1 atom stereocenters. The van der Waals surface area contributed by atoms with Gasteiger partial charge >= 0.3 is 17.9 Å². The molecule has 1 unspecified atom stereocenters. The summed E-state index contributed by atoms with van der Waals surface area (Å²) >= 11 is 1.26. The van der Waals surface area contributed by atoms with Gasteiger partial charge in [-0.25, -0.2) is 14.4 Å². The van der Waals surface area contributed by atoms with Crippen molar-refractivity contribution in [2.75, 3.05) is 10.6 Å². The lowest BCUT2D eigenvalue weighted by Gasteiger charge is -2.16. The molecular formula is C26H22N2O8S. The van der Waals surface area contributed by atoms with Gasteiger partial charge in [0.1, 0.15) is 0 Å². The number of benzene rings is 3. The first-order valence-electron chi connectivity index (χ1n) is 10.9. The van der Waals surface area contributed by atoms with Crippen LogP contribution in [0.15, 0.2) is 71.6 Å². The van der Waals surface area contributed by atoms with Crippen LogP contribution in [0.1, 0.15) is 54.8 Å². The molecule has 0 fully saturated rings. The third-order valence-corrected chi connectivity index (χ3v) is 6.53. The molecule has 0 bridgehead atoms. The molecular weight excluding hydrogens is 500 g/mol. The zero-order valence-electron chi connectivity index (χ0n) is 19.4. The summed E-state index contributed by atoms with van der Waals surface area (Å²) in [5.74, 6) is -4.83. The third kappa shape index (κ3) is 6.95. The van der Waals surface area contributed by atoms with Gasteiger partial charge in [0.25, 0.3) is 5.91 Å². The highest BCUT2D eigenvalue weighted by molar-refractivity contribution is 8.00.